The van der Waals surface area contributed by atoms with Crippen LogP contribution in [0, 0.1) is 5.41 Å². The van der Waals surface area contributed by atoms with E-state index >= 15 is 0 Å². The maximum atomic E-state index is 11.9. The summed E-state index contributed by atoms with van der Waals surface area (Å²) in [4.78, 5) is 26.1. The quantitative estimate of drug-likeness (QED) is 0.900. The molecule has 23 heavy (non-hydrogen) atoms. The van der Waals surface area contributed by atoms with E-state index in [2.05, 4.69) is 39.8 Å². The highest BCUT2D eigenvalue weighted by atomic mass is 16.2. The molecule has 0 bridgehead atoms. The average Bonchev–Trinajstić information content (AvgIpc) is 2.49. The topological polar surface area (TPSA) is 61.4 Å². The van der Waals surface area contributed by atoms with Gasteiger partial charge in [0.25, 0.3) is 0 Å². The molecule has 0 saturated carbocycles. The summed E-state index contributed by atoms with van der Waals surface area (Å²) in [5.41, 5.74) is 0.753. The fraction of sp³-hybridized carbons (Fsp3) is 0.556. The van der Waals surface area contributed by atoms with Crippen LogP contribution in [0.1, 0.15) is 39.2 Å². The smallest absolute Gasteiger partial charge is 0.321 e. The molecule has 2 N–H and O–H groups in total. The van der Waals surface area contributed by atoms with Crippen LogP contribution in [0.15, 0.2) is 30.3 Å². The number of carbonyl (C=O) groups is 2. The molecule has 1 aliphatic heterocycles. The first-order valence-electron chi connectivity index (χ1n) is 8.23. The molecule has 0 atom stereocenters. The lowest BCUT2D eigenvalue weighted by molar-refractivity contribution is -0.127. The van der Waals surface area contributed by atoms with Crippen molar-refractivity contribution in [2.75, 3.05) is 13.1 Å². The van der Waals surface area contributed by atoms with Gasteiger partial charge in [0.1, 0.15) is 0 Å². The highest BCUT2D eigenvalue weighted by Crippen LogP contribution is 2.14. The van der Waals surface area contributed by atoms with Crippen LogP contribution >= 0.6 is 0 Å². The van der Waals surface area contributed by atoms with Gasteiger partial charge >= 0.3 is 6.03 Å². The molecular formula is C18H27N3O2. The van der Waals surface area contributed by atoms with E-state index in [9.17, 15) is 9.59 Å². The van der Waals surface area contributed by atoms with Gasteiger partial charge in [-0.1, -0.05) is 51.1 Å². The molecule has 1 heterocycles. The average molecular weight is 317 g/mol. The molecule has 1 aromatic carbocycles. The standard InChI is InChI=1S/C18H27N3O2/c1-18(2,3)16(22)20-17(23)19-15-9-11-21(12-10-15)13-14-7-5-4-6-8-14/h4-8,15H,9-13H2,1-3H3,(H2,19,20,22,23). The molecule has 0 aromatic heterocycles. The fourth-order valence-electron chi connectivity index (χ4n) is 2.59. The van der Waals surface area contributed by atoms with Gasteiger partial charge in [0.2, 0.25) is 5.91 Å². The van der Waals surface area contributed by atoms with Gasteiger partial charge in [0.05, 0.1) is 0 Å². The van der Waals surface area contributed by atoms with Crippen LogP contribution in [-0.2, 0) is 11.3 Å². The molecule has 0 unspecified atom stereocenters. The Balaban J connectivity index is 1.72. The van der Waals surface area contributed by atoms with E-state index in [-0.39, 0.29) is 18.0 Å². The second-order valence-electron chi connectivity index (χ2n) is 7.21. The normalized spacial score (nSPS) is 16.8. The largest absolute Gasteiger partial charge is 0.335 e. The van der Waals surface area contributed by atoms with Gasteiger partial charge < -0.3 is 5.32 Å². The molecule has 5 nitrogen and oxygen atoms in total. The monoisotopic (exact) mass is 317 g/mol. The highest BCUT2D eigenvalue weighted by Gasteiger charge is 2.25. The molecule has 1 fully saturated rings. The lowest BCUT2D eigenvalue weighted by atomic mass is 9.96. The third kappa shape index (κ3) is 5.67. The summed E-state index contributed by atoms with van der Waals surface area (Å²) in [6.45, 7) is 8.22. The van der Waals surface area contributed by atoms with Crippen molar-refractivity contribution in [3.63, 3.8) is 0 Å². The number of urea groups is 1. The van der Waals surface area contributed by atoms with Crippen molar-refractivity contribution in [3.8, 4) is 0 Å². The van der Waals surface area contributed by atoms with Crippen molar-refractivity contribution >= 4 is 11.9 Å². The Kier molecular flexibility index (Phi) is 5.77. The van der Waals surface area contributed by atoms with Gasteiger partial charge in [-0.2, -0.15) is 0 Å². The highest BCUT2D eigenvalue weighted by molar-refractivity contribution is 5.96. The van der Waals surface area contributed by atoms with E-state index < -0.39 is 5.41 Å². The van der Waals surface area contributed by atoms with Crippen molar-refractivity contribution in [2.45, 2.75) is 46.2 Å². The molecule has 0 radical (unpaired) electrons. The zero-order valence-electron chi connectivity index (χ0n) is 14.3. The molecule has 3 amide bonds. The molecule has 1 aliphatic rings. The number of amides is 3. The van der Waals surface area contributed by atoms with Crippen molar-refractivity contribution < 1.29 is 9.59 Å². The number of likely N-dealkylation sites (tertiary alicyclic amines) is 1. The third-order valence-corrected chi connectivity index (χ3v) is 4.08. The van der Waals surface area contributed by atoms with E-state index in [0.29, 0.717) is 0 Å². The second-order valence-corrected chi connectivity index (χ2v) is 7.21. The second kappa shape index (κ2) is 7.59. The first-order valence-corrected chi connectivity index (χ1v) is 8.23. The lowest BCUT2D eigenvalue weighted by Crippen LogP contribution is -2.50. The van der Waals surface area contributed by atoms with E-state index in [4.69, 9.17) is 0 Å². The van der Waals surface area contributed by atoms with Gasteiger partial charge in [0.15, 0.2) is 0 Å². The summed E-state index contributed by atoms with van der Waals surface area (Å²) in [6.07, 6.45) is 1.81. The number of benzene rings is 1. The number of hydrogen-bond acceptors (Lipinski definition) is 3. The molecule has 1 saturated heterocycles. The minimum absolute atomic E-state index is 0.134. The van der Waals surface area contributed by atoms with E-state index in [1.54, 1.807) is 20.8 Å². The summed E-state index contributed by atoms with van der Waals surface area (Å²) >= 11 is 0. The van der Waals surface area contributed by atoms with Crippen LogP contribution in [0.3, 0.4) is 0 Å². The number of nitrogens with zero attached hydrogens (tertiary/aromatic N) is 1. The number of rotatable bonds is 3. The Hall–Kier alpha value is -1.88. The summed E-state index contributed by atoms with van der Waals surface area (Å²) in [5.74, 6) is -0.253. The molecule has 5 heteroatoms. The van der Waals surface area contributed by atoms with Crippen molar-refractivity contribution in [3.05, 3.63) is 35.9 Å². The Morgan fingerprint density at radius 1 is 1.13 bits per heavy atom. The van der Waals surface area contributed by atoms with E-state index in [1.165, 1.54) is 5.56 Å². The minimum Gasteiger partial charge on any atom is -0.335 e. The van der Waals surface area contributed by atoms with Crippen LogP contribution in [-0.4, -0.2) is 36.0 Å². The fourth-order valence-corrected chi connectivity index (χ4v) is 2.59. The molecule has 2 rings (SSSR count). The third-order valence-electron chi connectivity index (χ3n) is 4.08. The number of nitrogens with one attached hydrogen (secondary N) is 2. The Labute approximate surface area is 138 Å². The number of carbonyl (C=O) groups excluding carboxylic acids is 2. The van der Waals surface area contributed by atoms with E-state index in [0.717, 1.165) is 32.5 Å². The van der Waals surface area contributed by atoms with Crippen LogP contribution in [0.25, 0.3) is 0 Å². The van der Waals surface area contributed by atoms with Crippen molar-refractivity contribution in [1.29, 1.82) is 0 Å². The van der Waals surface area contributed by atoms with Crippen LogP contribution in [0.4, 0.5) is 4.79 Å². The van der Waals surface area contributed by atoms with Gasteiger partial charge in [-0.3, -0.25) is 15.0 Å². The summed E-state index contributed by atoms with van der Waals surface area (Å²) in [7, 11) is 0. The Bertz CT molecular complexity index is 529. The molecule has 0 aliphatic carbocycles. The summed E-state index contributed by atoms with van der Waals surface area (Å²) in [6, 6.07) is 10.2. The summed E-state index contributed by atoms with van der Waals surface area (Å²) < 4.78 is 0. The number of imide groups is 1. The molecule has 126 valence electrons. The maximum absolute atomic E-state index is 11.9. The van der Waals surface area contributed by atoms with Crippen LogP contribution < -0.4 is 10.6 Å². The minimum atomic E-state index is -0.559. The Morgan fingerprint density at radius 3 is 2.30 bits per heavy atom. The zero-order valence-corrected chi connectivity index (χ0v) is 14.3. The summed E-state index contributed by atoms with van der Waals surface area (Å²) in [5, 5.41) is 5.32. The van der Waals surface area contributed by atoms with Crippen molar-refractivity contribution in [1.82, 2.24) is 15.5 Å². The maximum Gasteiger partial charge on any atom is 0.321 e. The Morgan fingerprint density at radius 2 is 1.74 bits per heavy atom. The molecule has 1 aromatic rings. The van der Waals surface area contributed by atoms with Crippen molar-refractivity contribution in [2.24, 2.45) is 5.41 Å². The lowest BCUT2D eigenvalue weighted by Gasteiger charge is -2.32. The first-order chi connectivity index (χ1) is 10.8. The van der Waals surface area contributed by atoms with Gasteiger partial charge in [-0.25, -0.2) is 4.79 Å². The number of piperidine rings is 1. The van der Waals surface area contributed by atoms with Crippen LogP contribution in [0.5, 0.6) is 0 Å². The number of hydrogen-bond donors (Lipinski definition) is 2. The molecular weight excluding hydrogens is 290 g/mol. The van der Waals surface area contributed by atoms with Gasteiger partial charge in [0, 0.05) is 31.1 Å². The predicted octanol–water partition coefficient (Wildman–Crippen LogP) is 2.52. The van der Waals surface area contributed by atoms with Gasteiger partial charge in [-0.05, 0) is 18.4 Å². The van der Waals surface area contributed by atoms with Crippen LogP contribution in [0.2, 0.25) is 0 Å². The van der Waals surface area contributed by atoms with E-state index in [1.807, 2.05) is 6.07 Å². The SMILES string of the molecule is CC(C)(C)C(=O)NC(=O)NC1CCN(Cc2ccccc2)CC1. The zero-order chi connectivity index (χ0) is 16.9. The first kappa shape index (κ1) is 17.5. The van der Waals surface area contributed by atoms with Gasteiger partial charge in [-0.15, -0.1) is 0 Å². The molecule has 0 spiro atoms. The predicted molar refractivity (Wildman–Crippen MR) is 90.9 cm³/mol.